The van der Waals surface area contributed by atoms with Crippen LogP contribution in [0.2, 0.25) is 0 Å². The van der Waals surface area contributed by atoms with Crippen molar-refractivity contribution in [3.63, 3.8) is 0 Å². The van der Waals surface area contributed by atoms with E-state index in [9.17, 15) is 9.59 Å². The van der Waals surface area contributed by atoms with Gasteiger partial charge in [0.15, 0.2) is 6.10 Å². The second-order valence-corrected chi connectivity index (χ2v) is 17.8. The second kappa shape index (κ2) is 52.2. The number of esters is 2. The lowest BCUT2D eigenvalue weighted by molar-refractivity contribution is -0.163. The molecule has 0 aromatic carbocycles. The van der Waals surface area contributed by atoms with Crippen LogP contribution >= 0.6 is 0 Å². The van der Waals surface area contributed by atoms with Crippen LogP contribution in [0.25, 0.3) is 0 Å². The third kappa shape index (κ3) is 50.4. The minimum Gasteiger partial charge on any atom is -0.462 e. The van der Waals surface area contributed by atoms with Gasteiger partial charge >= 0.3 is 11.9 Å². The van der Waals surface area contributed by atoms with Crippen molar-refractivity contribution in [1.82, 2.24) is 0 Å². The highest BCUT2D eigenvalue weighted by Gasteiger charge is 2.17. The first kappa shape index (κ1) is 58.9. The molecule has 0 heterocycles. The highest BCUT2D eigenvalue weighted by Crippen LogP contribution is 2.16. The number of carbonyl (C=O) groups is 2. The van der Waals surface area contributed by atoms with Gasteiger partial charge < -0.3 is 14.2 Å². The van der Waals surface area contributed by atoms with Crippen molar-refractivity contribution in [2.45, 2.75) is 277 Å². The summed E-state index contributed by atoms with van der Waals surface area (Å²) in [5.41, 5.74) is 0. The van der Waals surface area contributed by atoms with Gasteiger partial charge in [-0.1, -0.05) is 249 Å². The molecule has 1 atom stereocenters. The van der Waals surface area contributed by atoms with Crippen LogP contribution in [0.4, 0.5) is 0 Å². The summed E-state index contributed by atoms with van der Waals surface area (Å²) in [6.07, 6.45) is 64.0. The molecule has 0 spiro atoms. The van der Waals surface area contributed by atoms with Crippen molar-refractivity contribution in [3.8, 4) is 0 Å². The molecular weight excluding hydrogens is 753 g/mol. The largest absolute Gasteiger partial charge is 0.462 e. The van der Waals surface area contributed by atoms with E-state index in [1.165, 1.54) is 161 Å². The third-order valence-corrected chi connectivity index (χ3v) is 11.6. The Kier molecular flexibility index (Phi) is 50.4. The van der Waals surface area contributed by atoms with E-state index in [1.54, 1.807) is 0 Å². The van der Waals surface area contributed by atoms with Gasteiger partial charge in [-0.15, -0.1) is 0 Å². The van der Waals surface area contributed by atoms with E-state index in [-0.39, 0.29) is 25.2 Å². The van der Waals surface area contributed by atoms with Crippen LogP contribution in [0, 0.1) is 0 Å². The van der Waals surface area contributed by atoms with Gasteiger partial charge in [-0.25, -0.2) is 0 Å². The fraction of sp³-hybridized carbons (Fsp3) is 0.821. The first-order valence-corrected chi connectivity index (χ1v) is 26.7. The monoisotopic (exact) mass is 855 g/mol. The Labute approximate surface area is 380 Å². The van der Waals surface area contributed by atoms with Crippen LogP contribution in [-0.4, -0.2) is 37.9 Å². The molecule has 0 aliphatic rings. The van der Waals surface area contributed by atoms with Gasteiger partial charge in [0, 0.05) is 19.4 Å². The molecule has 0 saturated carbocycles. The Morgan fingerprint density at radius 3 is 1.18 bits per heavy atom. The first-order chi connectivity index (χ1) is 30.1. The van der Waals surface area contributed by atoms with E-state index in [2.05, 4.69) is 69.4 Å². The number of carbonyl (C=O) groups excluding carboxylic acids is 2. The van der Waals surface area contributed by atoms with E-state index in [0.717, 1.165) is 77.0 Å². The molecule has 0 radical (unpaired) electrons. The minimum absolute atomic E-state index is 0.0772. The predicted octanol–water partition coefficient (Wildman–Crippen LogP) is 18.0. The summed E-state index contributed by atoms with van der Waals surface area (Å²) in [5.74, 6) is -0.411. The standard InChI is InChI=1S/C56H102O5/c1-4-7-10-13-16-19-22-25-27-29-30-32-35-37-40-43-46-49-55(57)60-53-54(61-56(58)50-47-44-41-38-34-24-21-18-15-12-9-6-3)52-59-51-48-45-42-39-36-33-31-28-26-23-20-17-14-11-8-5-2/h7,10,16,19,25,27,30,32,54H,4-6,8-9,11-15,17-18,20-24,26,28-29,31,33-53H2,1-3H3/b10-7-,19-16-,27-25-,32-30-/t54-/m1/s1. The Balaban J connectivity index is 4.26. The van der Waals surface area contributed by atoms with Crippen LogP contribution in [0.1, 0.15) is 271 Å². The summed E-state index contributed by atoms with van der Waals surface area (Å²) < 4.78 is 17.4. The molecule has 0 aromatic heterocycles. The zero-order valence-electron chi connectivity index (χ0n) is 40.9. The molecule has 0 saturated heterocycles. The summed E-state index contributed by atoms with van der Waals surface area (Å²) >= 11 is 0. The number of rotatable bonds is 49. The van der Waals surface area contributed by atoms with Gasteiger partial charge in [-0.05, 0) is 57.8 Å². The summed E-state index contributed by atoms with van der Waals surface area (Å²) in [6.45, 7) is 7.73. The summed E-state index contributed by atoms with van der Waals surface area (Å²) in [4.78, 5) is 25.4. The topological polar surface area (TPSA) is 61.8 Å². The van der Waals surface area contributed by atoms with Crippen molar-refractivity contribution in [1.29, 1.82) is 0 Å². The average molecular weight is 855 g/mol. The molecule has 0 aliphatic carbocycles. The molecule has 0 aliphatic heterocycles. The lowest BCUT2D eigenvalue weighted by Crippen LogP contribution is -2.30. The predicted molar refractivity (Wildman–Crippen MR) is 265 cm³/mol. The fourth-order valence-corrected chi connectivity index (χ4v) is 7.68. The smallest absolute Gasteiger partial charge is 0.306 e. The van der Waals surface area contributed by atoms with Gasteiger partial charge in [-0.2, -0.15) is 0 Å². The first-order valence-electron chi connectivity index (χ1n) is 26.7. The zero-order chi connectivity index (χ0) is 44.2. The molecule has 0 aromatic rings. The van der Waals surface area contributed by atoms with E-state index in [0.29, 0.717) is 19.4 Å². The van der Waals surface area contributed by atoms with E-state index in [4.69, 9.17) is 14.2 Å². The van der Waals surface area contributed by atoms with E-state index < -0.39 is 6.10 Å². The number of hydrogen-bond acceptors (Lipinski definition) is 5. The van der Waals surface area contributed by atoms with Crippen molar-refractivity contribution in [2.24, 2.45) is 0 Å². The van der Waals surface area contributed by atoms with Gasteiger partial charge in [0.25, 0.3) is 0 Å². The Bertz CT molecular complexity index is 1010. The van der Waals surface area contributed by atoms with Crippen LogP contribution < -0.4 is 0 Å². The Morgan fingerprint density at radius 1 is 0.377 bits per heavy atom. The molecule has 0 bridgehead atoms. The van der Waals surface area contributed by atoms with Gasteiger partial charge in [0.05, 0.1) is 6.61 Å². The maximum atomic E-state index is 12.8. The number of ether oxygens (including phenoxy) is 3. The molecule has 0 N–H and O–H groups in total. The van der Waals surface area contributed by atoms with Gasteiger partial charge in [-0.3, -0.25) is 9.59 Å². The van der Waals surface area contributed by atoms with Crippen LogP contribution in [-0.2, 0) is 23.8 Å². The lowest BCUT2D eigenvalue weighted by Gasteiger charge is -2.18. The summed E-state index contributed by atoms with van der Waals surface area (Å²) in [6, 6.07) is 0. The average Bonchev–Trinajstić information content (AvgIpc) is 3.26. The third-order valence-electron chi connectivity index (χ3n) is 11.6. The molecule has 5 nitrogen and oxygen atoms in total. The SMILES string of the molecule is CC/C=C\C/C=C\C/C=C\C/C=C\CCCCCCC(=O)OC[C@@H](COCCCCCCCCCCCCCCCCCC)OC(=O)CCCCCCCCCCCCCC. The maximum Gasteiger partial charge on any atom is 0.306 e. The van der Waals surface area contributed by atoms with Gasteiger partial charge in [0.2, 0.25) is 0 Å². The van der Waals surface area contributed by atoms with Crippen molar-refractivity contribution >= 4 is 11.9 Å². The molecule has 0 amide bonds. The molecular formula is C56H102O5. The highest BCUT2D eigenvalue weighted by molar-refractivity contribution is 5.70. The van der Waals surface area contributed by atoms with Crippen LogP contribution in [0.15, 0.2) is 48.6 Å². The molecule has 61 heavy (non-hydrogen) atoms. The lowest BCUT2D eigenvalue weighted by atomic mass is 10.0. The summed E-state index contributed by atoms with van der Waals surface area (Å²) in [7, 11) is 0. The normalized spacial score (nSPS) is 12.5. The van der Waals surface area contributed by atoms with Crippen LogP contribution in [0.5, 0.6) is 0 Å². The second-order valence-electron chi connectivity index (χ2n) is 17.8. The maximum absolute atomic E-state index is 12.8. The number of unbranched alkanes of at least 4 members (excludes halogenated alkanes) is 30. The molecule has 5 heteroatoms. The van der Waals surface area contributed by atoms with Crippen molar-refractivity contribution in [3.05, 3.63) is 48.6 Å². The van der Waals surface area contributed by atoms with Crippen LogP contribution in [0.3, 0.4) is 0 Å². The van der Waals surface area contributed by atoms with E-state index >= 15 is 0 Å². The number of allylic oxidation sites excluding steroid dienone is 8. The molecule has 0 unspecified atom stereocenters. The Morgan fingerprint density at radius 2 is 0.738 bits per heavy atom. The van der Waals surface area contributed by atoms with Gasteiger partial charge in [0.1, 0.15) is 6.61 Å². The molecule has 356 valence electrons. The zero-order valence-corrected chi connectivity index (χ0v) is 40.9. The van der Waals surface area contributed by atoms with Crippen molar-refractivity contribution < 1.29 is 23.8 Å². The summed E-state index contributed by atoms with van der Waals surface area (Å²) in [5, 5.41) is 0. The fourth-order valence-electron chi connectivity index (χ4n) is 7.68. The Hall–Kier alpha value is -2.14. The molecule has 0 fully saturated rings. The van der Waals surface area contributed by atoms with E-state index in [1.807, 2.05) is 0 Å². The highest BCUT2D eigenvalue weighted by atomic mass is 16.6. The number of hydrogen-bond donors (Lipinski definition) is 0. The quantitative estimate of drug-likeness (QED) is 0.0347. The van der Waals surface area contributed by atoms with Crippen molar-refractivity contribution in [2.75, 3.05) is 19.8 Å². The molecule has 0 rings (SSSR count). The minimum atomic E-state index is -0.541.